The SMILES string of the molecule is COc1cccc(OCCNC(=O)c2ccc(Cn3cccn3)cc2)c1. The standard InChI is InChI=1S/C20H21N3O3/c1-25-18-4-2-5-19(14-18)26-13-11-21-20(24)17-8-6-16(7-9-17)15-23-12-3-10-22-23/h2-10,12,14H,11,13,15H2,1H3,(H,21,24). The minimum absolute atomic E-state index is 0.120. The van der Waals surface area contributed by atoms with E-state index in [1.165, 1.54) is 0 Å². The maximum Gasteiger partial charge on any atom is 0.251 e. The van der Waals surface area contributed by atoms with Gasteiger partial charge in [0, 0.05) is 24.0 Å². The molecule has 3 rings (SSSR count). The smallest absolute Gasteiger partial charge is 0.251 e. The Balaban J connectivity index is 1.44. The van der Waals surface area contributed by atoms with Gasteiger partial charge in [0.2, 0.25) is 0 Å². The highest BCUT2D eigenvalue weighted by atomic mass is 16.5. The molecule has 0 radical (unpaired) electrons. The lowest BCUT2D eigenvalue weighted by Gasteiger charge is -2.09. The zero-order valence-corrected chi connectivity index (χ0v) is 14.6. The third kappa shape index (κ3) is 4.86. The molecule has 0 atom stereocenters. The van der Waals surface area contributed by atoms with E-state index in [0.717, 1.165) is 11.3 Å². The number of nitrogens with zero attached hydrogens (tertiary/aromatic N) is 2. The number of hydrogen-bond acceptors (Lipinski definition) is 4. The lowest BCUT2D eigenvalue weighted by Crippen LogP contribution is -2.28. The Bertz CT molecular complexity index is 830. The number of rotatable bonds is 8. The minimum Gasteiger partial charge on any atom is -0.497 e. The van der Waals surface area contributed by atoms with Gasteiger partial charge in [0.05, 0.1) is 20.2 Å². The molecule has 0 fully saturated rings. The van der Waals surface area contributed by atoms with Crippen molar-refractivity contribution >= 4 is 5.91 Å². The minimum atomic E-state index is -0.120. The summed E-state index contributed by atoms with van der Waals surface area (Å²) in [5, 5.41) is 7.02. The van der Waals surface area contributed by atoms with Crippen molar-refractivity contribution in [3.8, 4) is 11.5 Å². The van der Waals surface area contributed by atoms with Gasteiger partial charge in [0.25, 0.3) is 5.91 Å². The van der Waals surface area contributed by atoms with Crippen molar-refractivity contribution in [3.63, 3.8) is 0 Å². The highest BCUT2D eigenvalue weighted by Gasteiger charge is 2.05. The van der Waals surface area contributed by atoms with Gasteiger partial charge in [-0.3, -0.25) is 9.48 Å². The van der Waals surface area contributed by atoms with E-state index in [-0.39, 0.29) is 5.91 Å². The van der Waals surface area contributed by atoms with Gasteiger partial charge in [-0.25, -0.2) is 0 Å². The number of nitrogens with one attached hydrogen (secondary N) is 1. The predicted octanol–water partition coefficient (Wildman–Crippen LogP) is 2.75. The van der Waals surface area contributed by atoms with Gasteiger partial charge >= 0.3 is 0 Å². The topological polar surface area (TPSA) is 65.4 Å². The second-order valence-electron chi connectivity index (χ2n) is 5.68. The van der Waals surface area contributed by atoms with Gasteiger partial charge in [-0.15, -0.1) is 0 Å². The lowest BCUT2D eigenvalue weighted by atomic mass is 10.1. The van der Waals surface area contributed by atoms with Crippen LogP contribution in [0, 0.1) is 0 Å². The van der Waals surface area contributed by atoms with Gasteiger partial charge in [-0.05, 0) is 35.9 Å². The molecule has 6 heteroatoms. The Hall–Kier alpha value is -3.28. The van der Waals surface area contributed by atoms with Crippen molar-refractivity contribution in [2.24, 2.45) is 0 Å². The summed E-state index contributed by atoms with van der Waals surface area (Å²) in [5.74, 6) is 1.33. The van der Waals surface area contributed by atoms with Crippen LogP contribution in [0.1, 0.15) is 15.9 Å². The maximum atomic E-state index is 12.2. The van der Waals surface area contributed by atoms with Crippen LogP contribution in [0.4, 0.5) is 0 Å². The molecule has 2 aromatic carbocycles. The van der Waals surface area contributed by atoms with Crippen LogP contribution in [0.15, 0.2) is 67.0 Å². The molecule has 0 unspecified atom stereocenters. The van der Waals surface area contributed by atoms with E-state index in [4.69, 9.17) is 9.47 Å². The monoisotopic (exact) mass is 351 g/mol. The largest absolute Gasteiger partial charge is 0.497 e. The average Bonchev–Trinajstić information content (AvgIpc) is 3.19. The number of carbonyl (C=O) groups excluding carboxylic acids is 1. The molecular formula is C20H21N3O3. The number of benzene rings is 2. The Morgan fingerprint density at radius 1 is 1.12 bits per heavy atom. The van der Waals surface area contributed by atoms with Crippen LogP contribution in [-0.4, -0.2) is 35.9 Å². The van der Waals surface area contributed by atoms with Crippen molar-refractivity contribution in [3.05, 3.63) is 78.1 Å². The zero-order chi connectivity index (χ0) is 18.2. The van der Waals surface area contributed by atoms with Gasteiger partial charge < -0.3 is 14.8 Å². The van der Waals surface area contributed by atoms with E-state index in [0.29, 0.717) is 31.0 Å². The predicted molar refractivity (Wildman–Crippen MR) is 98.6 cm³/mol. The maximum absolute atomic E-state index is 12.2. The van der Waals surface area contributed by atoms with Crippen molar-refractivity contribution < 1.29 is 14.3 Å². The molecule has 0 aliphatic carbocycles. The van der Waals surface area contributed by atoms with Crippen LogP contribution in [-0.2, 0) is 6.54 Å². The summed E-state index contributed by atoms with van der Waals surface area (Å²) in [6.07, 6.45) is 3.65. The molecule has 1 heterocycles. The molecule has 0 aliphatic heterocycles. The number of ether oxygens (including phenoxy) is 2. The fraction of sp³-hybridized carbons (Fsp3) is 0.200. The fourth-order valence-electron chi connectivity index (χ4n) is 2.47. The fourth-order valence-corrected chi connectivity index (χ4v) is 2.47. The van der Waals surface area contributed by atoms with Crippen LogP contribution in [0.25, 0.3) is 0 Å². The second-order valence-corrected chi connectivity index (χ2v) is 5.68. The van der Waals surface area contributed by atoms with E-state index < -0.39 is 0 Å². The van der Waals surface area contributed by atoms with Crippen LogP contribution in [0.5, 0.6) is 11.5 Å². The Labute approximate surface area is 152 Å². The third-order valence-electron chi connectivity index (χ3n) is 3.82. The van der Waals surface area contributed by atoms with Gasteiger partial charge in [-0.1, -0.05) is 18.2 Å². The summed E-state index contributed by atoms with van der Waals surface area (Å²) in [5.41, 5.74) is 1.71. The molecule has 1 aromatic heterocycles. The van der Waals surface area contributed by atoms with Gasteiger partial charge in [0.1, 0.15) is 18.1 Å². The normalized spacial score (nSPS) is 10.3. The van der Waals surface area contributed by atoms with Crippen LogP contribution in [0.3, 0.4) is 0 Å². The molecule has 0 bridgehead atoms. The van der Waals surface area contributed by atoms with Crippen molar-refractivity contribution in [1.29, 1.82) is 0 Å². The molecular weight excluding hydrogens is 330 g/mol. The first kappa shape index (κ1) is 17.5. The van der Waals surface area contributed by atoms with E-state index in [9.17, 15) is 4.79 Å². The first-order chi connectivity index (χ1) is 12.7. The van der Waals surface area contributed by atoms with Gasteiger partial charge in [0.15, 0.2) is 0 Å². The Morgan fingerprint density at radius 3 is 2.65 bits per heavy atom. The van der Waals surface area contributed by atoms with Crippen molar-refractivity contribution in [1.82, 2.24) is 15.1 Å². The summed E-state index contributed by atoms with van der Waals surface area (Å²) >= 11 is 0. The molecule has 3 aromatic rings. The lowest BCUT2D eigenvalue weighted by molar-refractivity contribution is 0.0947. The summed E-state index contributed by atoms with van der Waals surface area (Å²) in [6, 6.07) is 16.8. The molecule has 1 amide bonds. The quantitative estimate of drug-likeness (QED) is 0.634. The number of methoxy groups -OCH3 is 1. The van der Waals surface area contributed by atoms with E-state index in [1.807, 2.05) is 59.4 Å². The van der Waals surface area contributed by atoms with E-state index in [2.05, 4.69) is 10.4 Å². The average molecular weight is 351 g/mol. The Morgan fingerprint density at radius 2 is 1.92 bits per heavy atom. The van der Waals surface area contributed by atoms with E-state index >= 15 is 0 Å². The molecule has 134 valence electrons. The summed E-state index contributed by atoms with van der Waals surface area (Å²) in [7, 11) is 1.61. The first-order valence-electron chi connectivity index (χ1n) is 8.36. The molecule has 6 nitrogen and oxygen atoms in total. The summed E-state index contributed by atoms with van der Waals surface area (Å²) in [6.45, 7) is 1.49. The Kier molecular flexibility index (Phi) is 5.88. The zero-order valence-electron chi connectivity index (χ0n) is 14.6. The molecule has 0 saturated carbocycles. The summed E-state index contributed by atoms with van der Waals surface area (Å²) in [4.78, 5) is 12.2. The van der Waals surface area contributed by atoms with Crippen molar-refractivity contribution in [2.45, 2.75) is 6.54 Å². The summed E-state index contributed by atoms with van der Waals surface area (Å²) < 4.78 is 12.6. The highest BCUT2D eigenvalue weighted by Crippen LogP contribution is 2.18. The van der Waals surface area contributed by atoms with Crippen LogP contribution in [0.2, 0.25) is 0 Å². The molecule has 1 N–H and O–H groups in total. The van der Waals surface area contributed by atoms with Crippen molar-refractivity contribution in [2.75, 3.05) is 20.3 Å². The first-order valence-corrected chi connectivity index (χ1v) is 8.36. The number of carbonyl (C=O) groups is 1. The molecule has 0 saturated heterocycles. The van der Waals surface area contributed by atoms with Gasteiger partial charge in [-0.2, -0.15) is 5.10 Å². The number of amides is 1. The molecule has 0 aliphatic rings. The molecule has 0 spiro atoms. The second kappa shape index (κ2) is 8.71. The third-order valence-corrected chi connectivity index (χ3v) is 3.82. The number of hydrogen-bond donors (Lipinski definition) is 1. The molecule has 26 heavy (non-hydrogen) atoms. The van der Waals surface area contributed by atoms with E-state index in [1.54, 1.807) is 19.4 Å². The highest BCUT2D eigenvalue weighted by molar-refractivity contribution is 5.94. The van der Waals surface area contributed by atoms with Crippen LogP contribution < -0.4 is 14.8 Å². The number of aromatic nitrogens is 2. The van der Waals surface area contributed by atoms with Crippen LogP contribution >= 0.6 is 0 Å².